The number of aryl methyl sites for hydroxylation is 1. The van der Waals surface area contributed by atoms with Gasteiger partial charge in [-0.2, -0.15) is 5.10 Å². The van der Waals surface area contributed by atoms with Crippen LogP contribution in [0.5, 0.6) is 0 Å². The fourth-order valence-corrected chi connectivity index (χ4v) is 11.0. The first-order valence-corrected chi connectivity index (χ1v) is 28.0. The Morgan fingerprint density at radius 3 is 2.31 bits per heavy atom. The molecular formula is C56H66F2N14O7S. The van der Waals surface area contributed by atoms with Crippen LogP contribution in [-0.4, -0.2) is 161 Å². The largest absolute Gasteiger partial charge is 0.391 e. The Balaban J connectivity index is 0.689. The van der Waals surface area contributed by atoms with E-state index in [4.69, 9.17) is 4.98 Å². The molecule has 2 saturated carbocycles. The Morgan fingerprint density at radius 2 is 1.66 bits per heavy atom. The highest BCUT2D eigenvalue weighted by molar-refractivity contribution is 7.13. The summed E-state index contributed by atoms with van der Waals surface area (Å²) >= 11 is 1.49. The number of nitrogens with one attached hydrogen (secondary N) is 6. The van der Waals surface area contributed by atoms with Crippen molar-refractivity contribution in [1.82, 2.24) is 65.5 Å². The molecule has 422 valence electrons. The summed E-state index contributed by atoms with van der Waals surface area (Å²) in [4.78, 5) is 101. The average molecular weight is 1120 g/mol. The molecule has 0 unspecified atom stereocenters. The number of carbonyl (C=O) groups excluding carboxylic acids is 6. The zero-order valence-electron chi connectivity index (χ0n) is 45.1. The third kappa shape index (κ3) is 12.7. The van der Waals surface area contributed by atoms with E-state index in [9.17, 15) is 38.3 Å². The lowest BCUT2D eigenvalue weighted by Gasteiger charge is -2.36. The Kier molecular flexibility index (Phi) is 16.1. The molecule has 0 bridgehead atoms. The van der Waals surface area contributed by atoms with E-state index in [0.717, 1.165) is 45.9 Å². The first kappa shape index (κ1) is 55.6. The topological polar surface area (TPSA) is 264 Å². The van der Waals surface area contributed by atoms with Crippen molar-refractivity contribution >= 4 is 63.9 Å². The van der Waals surface area contributed by atoms with Crippen LogP contribution in [0.3, 0.4) is 0 Å². The van der Waals surface area contributed by atoms with Crippen LogP contribution in [0.25, 0.3) is 27.3 Å². The second kappa shape index (κ2) is 23.2. The van der Waals surface area contributed by atoms with E-state index < -0.39 is 58.9 Å². The van der Waals surface area contributed by atoms with Crippen molar-refractivity contribution in [3.8, 4) is 21.7 Å². The minimum atomic E-state index is -2.03. The summed E-state index contributed by atoms with van der Waals surface area (Å²) in [6, 6.07) is 8.53. The van der Waals surface area contributed by atoms with Crippen LogP contribution in [-0.2, 0) is 24.0 Å². The molecule has 6 heterocycles. The van der Waals surface area contributed by atoms with Crippen LogP contribution in [0.4, 0.5) is 20.3 Å². The number of fused-ring (bicyclic) bond motifs is 1. The van der Waals surface area contributed by atoms with E-state index in [1.165, 1.54) is 28.4 Å². The Hall–Kier alpha value is -7.70. The maximum atomic E-state index is 15.7. The number of alkyl halides is 1. The number of amides is 6. The number of likely N-dealkylation sites (tertiary alicyclic amines) is 1. The molecule has 4 aromatic heterocycles. The Bertz CT molecular complexity index is 3270. The second-order valence-electron chi connectivity index (χ2n) is 22.3. The number of aromatic nitrogens is 6. The summed E-state index contributed by atoms with van der Waals surface area (Å²) < 4.78 is 32.4. The van der Waals surface area contributed by atoms with Gasteiger partial charge in [0.25, 0.3) is 11.8 Å². The summed E-state index contributed by atoms with van der Waals surface area (Å²) in [5.74, 6) is -2.94. The summed E-state index contributed by atoms with van der Waals surface area (Å²) in [6.45, 7) is 9.02. The first-order valence-electron chi connectivity index (χ1n) is 27.1. The van der Waals surface area contributed by atoms with E-state index in [1.54, 1.807) is 55.8 Å². The second-order valence-corrected chi connectivity index (χ2v) is 23.2. The van der Waals surface area contributed by atoms with Gasteiger partial charge in [-0.1, -0.05) is 45.0 Å². The van der Waals surface area contributed by atoms with Crippen molar-refractivity contribution in [2.45, 2.75) is 108 Å². The molecule has 2 saturated heterocycles. The number of imidazole rings is 1. The average Bonchev–Trinajstić information content (AvgIpc) is 4.22. The lowest BCUT2D eigenvalue weighted by Crippen LogP contribution is -2.59. The third-order valence-electron chi connectivity index (χ3n) is 15.2. The number of rotatable bonds is 20. The summed E-state index contributed by atoms with van der Waals surface area (Å²) in [6.07, 6.45) is 8.43. The van der Waals surface area contributed by atoms with Crippen molar-refractivity contribution < 1.29 is 42.7 Å². The van der Waals surface area contributed by atoms with Gasteiger partial charge in [0.05, 0.1) is 70.7 Å². The quantitative estimate of drug-likeness (QED) is 0.0501. The molecule has 4 fully saturated rings. The number of piperazine rings is 1. The molecule has 24 heteroatoms. The minimum Gasteiger partial charge on any atom is -0.391 e. The number of halogens is 2. The first-order chi connectivity index (χ1) is 38.3. The maximum Gasteiger partial charge on any atom is 0.258 e. The molecule has 6 amide bonds. The highest BCUT2D eigenvalue weighted by Crippen LogP contribution is 2.42. The molecule has 0 radical (unpaired) electrons. The molecule has 4 aliphatic rings. The fraction of sp³-hybridized carbons (Fsp3) is 0.464. The van der Waals surface area contributed by atoms with Gasteiger partial charge in [0.2, 0.25) is 23.6 Å². The molecule has 4 atom stereocenters. The lowest BCUT2D eigenvalue weighted by molar-refractivity contribution is -0.145. The predicted octanol–water partition coefficient (Wildman–Crippen LogP) is 4.93. The van der Waals surface area contributed by atoms with Gasteiger partial charge in [-0.05, 0) is 73.8 Å². The number of hydrogen-bond acceptors (Lipinski definition) is 14. The smallest absolute Gasteiger partial charge is 0.258 e. The van der Waals surface area contributed by atoms with Gasteiger partial charge in [0.15, 0.2) is 17.1 Å². The molecule has 6 aromatic rings. The molecule has 10 rings (SSSR count). The molecular weight excluding hydrogens is 1050 g/mol. The zero-order valence-corrected chi connectivity index (χ0v) is 45.9. The van der Waals surface area contributed by atoms with Gasteiger partial charge in [0, 0.05) is 81.7 Å². The fourth-order valence-electron chi connectivity index (χ4n) is 10.2. The number of aliphatic hydroxyl groups excluding tert-OH is 1. The van der Waals surface area contributed by atoms with Crippen LogP contribution >= 0.6 is 11.3 Å². The number of β-amino-alcohol motifs (C(OH)–C–C–N with tert-alkyl or cyclic N) is 1. The summed E-state index contributed by atoms with van der Waals surface area (Å²) in [5.41, 5.74) is 4.65. The van der Waals surface area contributed by atoms with E-state index in [0.29, 0.717) is 55.5 Å². The zero-order chi connectivity index (χ0) is 56.5. The SMILES string of the molecule is Cc1ncsc1-c1ccc([C@H](CC(=O)NCCCNC(=O)CN2CCN(C(=O)c3ccc(Nc4nc(C5CC5)cn5c(-c6cn[nH]c6)cnc45)c(F)c3)CC2)NC(=O)[C@@H]2C[C@@H](O)CN2C(=O)[C@@H](NC(=O)C2(F)CC2)C(C)(C)C)cc1. The molecule has 2 aliphatic carbocycles. The molecule has 0 spiro atoms. The highest BCUT2D eigenvalue weighted by atomic mass is 32.1. The summed E-state index contributed by atoms with van der Waals surface area (Å²) in [7, 11) is 0. The number of benzene rings is 2. The minimum absolute atomic E-state index is 0.0616. The van der Waals surface area contributed by atoms with E-state index in [-0.39, 0.29) is 80.8 Å². The van der Waals surface area contributed by atoms with Gasteiger partial charge in [-0.3, -0.25) is 43.2 Å². The number of anilines is 2. The number of aliphatic hydroxyl groups is 1. The van der Waals surface area contributed by atoms with Gasteiger partial charge >= 0.3 is 0 Å². The van der Waals surface area contributed by atoms with Crippen molar-refractivity contribution in [1.29, 1.82) is 0 Å². The molecule has 21 nitrogen and oxygen atoms in total. The van der Waals surface area contributed by atoms with Crippen molar-refractivity contribution in [3.05, 3.63) is 101 Å². The lowest BCUT2D eigenvalue weighted by atomic mass is 9.85. The monoisotopic (exact) mass is 1120 g/mol. The van der Waals surface area contributed by atoms with Crippen molar-refractivity contribution in [2.75, 3.05) is 57.7 Å². The van der Waals surface area contributed by atoms with Crippen LogP contribution in [0, 0.1) is 18.2 Å². The number of hydrogen-bond donors (Lipinski definition) is 7. The molecule has 80 heavy (non-hydrogen) atoms. The molecule has 2 aliphatic heterocycles. The van der Waals surface area contributed by atoms with Crippen LogP contribution < -0.4 is 26.6 Å². The van der Waals surface area contributed by atoms with Gasteiger partial charge in [-0.15, -0.1) is 11.3 Å². The molecule has 7 N–H and O–H groups in total. The maximum absolute atomic E-state index is 15.7. The van der Waals surface area contributed by atoms with Gasteiger partial charge < -0.3 is 41.5 Å². The predicted molar refractivity (Wildman–Crippen MR) is 294 cm³/mol. The van der Waals surface area contributed by atoms with Crippen LogP contribution in [0.1, 0.15) is 105 Å². The number of nitrogens with zero attached hydrogens (tertiary/aromatic N) is 8. The number of aromatic amines is 1. The van der Waals surface area contributed by atoms with Crippen molar-refractivity contribution in [3.63, 3.8) is 0 Å². The van der Waals surface area contributed by atoms with E-state index in [2.05, 4.69) is 46.7 Å². The molecule has 2 aromatic carbocycles. The van der Waals surface area contributed by atoms with Gasteiger partial charge in [0.1, 0.15) is 17.9 Å². The third-order valence-corrected chi connectivity index (χ3v) is 16.1. The summed E-state index contributed by atoms with van der Waals surface area (Å²) in [5, 5.41) is 32.1. The normalized spacial score (nSPS) is 18.8. The Labute approximate surface area is 464 Å². The Morgan fingerprint density at radius 1 is 0.925 bits per heavy atom. The van der Waals surface area contributed by atoms with Crippen molar-refractivity contribution in [2.24, 2.45) is 5.41 Å². The van der Waals surface area contributed by atoms with E-state index >= 15 is 4.39 Å². The number of carbonyl (C=O) groups is 6. The van der Waals surface area contributed by atoms with Gasteiger partial charge in [-0.25, -0.2) is 23.7 Å². The standard InChI is InChI=1S/C56H66F2N14O7S/c1-32-47(80-31-62-32)35-10-8-33(9-11-35)41(67-51(76)43-23-38(73)28-72(43)53(78)48(55(2,3)4)68-54(79)56(58)14-15-56)24-45(74)59-16-5-17-60-46(75)30-69-18-20-70(21-19-69)52(77)36-12-13-40(39(57)22-36)65-49-50-61-27-44(37-25-63-64-26-37)71(50)29-42(66-49)34-6-7-34/h8-13,22,25-27,29,31,34,38,41,43,48,73H,5-7,14-21,23-24,28,30H2,1-4H3,(H,59,74)(H,60,75)(H,63,64)(H,65,66)(H,67,76)(H,68,79)/t38-,41+,43+,48-/m1/s1. The van der Waals surface area contributed by atoms with Crippen LogP contribution in [0.2, 0.25) is 0 Å². The number of thiazole rings is 1. The highest BCUT2D eigenvalue weighted by Gasteiger charge is 2.53. The van der Waals surface area contributed by atoms with E-state index in [1.807, 2.05) is 46.7 Å². The van der Waals surface area contributed by atoms with Crippen LogP contribution in [0.15, 0.2) is 72.8 Å². The number of H-pyrrole nitrogens is 1.